The zero-order valence-corrected chi connectivity index (χ0v) is 15.4. The van der Waals surface area contributed by atoms with Gasteiger partial charge >= 0.3 is 0 Å². The molecule has 2 rings (SSSR count). The van der Waals surface area contributed by atoms with Crippen molar-refractivity contribution in [2.24, 2.45) is 5.92 Å². The topological polar surface area (TPSA) is 46.2 Å². The highest BCUT2D eigenvalue weighted by Gasteiger charge is 2.34. The van der Waals surface area contributed by atoms with Crippen LogP contribution < -0.4 is 5.32 Å². The minimum absolute atomic E-state index is 0.0555. The van der Waals surface area contributed by atoms with E-state index in [0.717, 1.165) is 24.0 Å². The average Bonchev–Trinajstić information content (AvgIpc) is 2.79. The second-order valence-electron chi connectivity index (χ2n) is 5.75. The molecule has 0 fully saturated rings. The summed E-state index contributed by atoms with van der Waals surface area (Å²) >= 11 is 2.40. The number of hydrogen-bond acceptors (Lipinski definition) is 2. The molecule has 0 aromatic heterocycles. The van der Waals surface area contributed by atoms with Gasteiger partial charge in [-0.15, -0.1) is 0 Å². The van der Waals surface area contributed by atoms with Crippen LogP contribution in [0.3, 0.4) is 0 Å². The maximum atomic E-state index is 12.7. The van der Waals surface area contributed by atoms with E-state index in [-0.39, 0.29) is 15.6 Å². The van der Waals surface area contributed by atoms with E-state index in [4.69, 9.17) is 0 Å². The summed E-state index contributed by atoms with van der Waals surface area (Å²) in [5.74, 6) is 0.302. The molecule has 1 aliphatic carbocycles. The van der Waals surface area contributed by atoms with E-state index in [1.165, 1.54) is 0 Å². The van der Waals surface area contributed by atoms with Crippen LogP contribution in [0.5, 0.6) is 0 Å². The van der Waals surface area contributed by atoms with E-state index in [1.54, 1.807) is 0 Å². The molecule has 0 aliphatic heterocycles. The lowest BCUT2D eigenvalue weighted by Crippen LogP contribution is -2.27. The van der Waals surface area contributed by atoms with Gasteiger partial charge < -0.3 is 5.32 Å². The molecule has 22 heavy (non-hydrogen) atoms. The minimum Gasteiger partial charge on any atom is -0.323 e. The van der Waals surface area contributed by atoms with Gasteiger partial charge in [-0.3, -0.25) is 9.59 Å². The molecule has 2 unspecified atom stereocenters. The van der Waals surface area contributed by atoms with Crippen LogP contribution in [0.1, 0.15) is 56.0 Å². The Labute approximate surface area is 145 Å². The Morgan fingerprint density at radius 3 is 2.45 bits per heavy atom. The number of allylic oxidation sites excluding steroid dienone is 2. The van der Waals surface area contributed by atoms with Crippen molar-refractivity contribution in [1.29, 1.82) is 0 Å². The van der Waals surface area contributed by atoms with Crippen LogP contribution >= 0.6 is 22.6 Å². The van der Waals surface area contributed by atoms with Gasteiger partial charge in [0.15, 0.2) is 0 Å². The summed E-state index contributed by atoms with van der Waals surface area (Å²) in [6.07, 6.45) is 2.24. The van der Waals surface area contributed by atoms with E-state index >= 15 is 0 Å². The van der Waals surface area contributed by atoms with Gasteiger partial charge in [0.05, 0.1) is 5.70 Å². The molecule has 0 radical (unpaired) electrons. The monoisotopic (exact) mass is 411 g/mol. The first-order chi connectivity index (χ1) is 10.5. The summed E-state index contributed by atoms with van der Waals surface area (Å²) in [6.45, 7) is 6.29. The molecule has 0 spiro atoms. The van der Waals surface area contributed by atoms with Crippen molar-refractivity contribution in [3.05, 3.63) is 41.1 Å². The van der Waals surface area contributed by atoms with Gasteiger partial charge in [0, 0.05) is 21.5 Å². The van der Waals surface area contributed by atoms with E-state index in [9.17, 15) is 9.59 Å². The third kappa shape index (κ3) is 3.26. The summed E-state index contributed by atoms with van der Waals surface area (Å²) in [4.78, 5) is 24.7. The fraction of sp³-hybridized carbons (Fsp3) is 0.444. The van der Waals surface area contributed by atoms with Crippen molar-refractivity contribution < 1.29 is 9.59 Å². The average molecular weight is 411 g/mol. The molecule has 1 aromatic rings. The highest BCUT2D eigenvalue weighted by molar-refractivity contribution is 14.1. The minimum atomic E-state index is -0.0797. The number of Topliss-reactive ketones (excluding diaryl/α,β-unsaturated/α-hetero) is 1. The molecule has 118 valence electrons. The number of benzene rings is 1. The smallest absolute Gasteiger partial charge is 0.224 e. The molecule has 0 saturated heterocycles. The first kappa shape index (κ1) is 17.2. The first-order valence-electron chi connectivity index (χ1n) is 7.83. The van der Waals surface area contributed by atoms with Crippen molar-refractivity contribution in [2.75, 3.05) is 0 Å². The molecular weight excluding hydrogens is 389 g/mol. The molecule has 1 N–H and O–H groups in total. The first-order valence-corrected chi connectivity index (χ1v) is 9.07. The molecule has 0 saturated carbocycles. The van der Waals surface area contributed by atoms with Gasteiger partial charge in [-0.1, -0.05) is 74.0 Å². The highest BCUT2D eigenvalue weighted by Crippen LogP contribution is 2.40. The van der Waals surface area contributed by atoms with Crippen LogP contribution in [0.4, 0.5) is 0 Å². The molecule has 1 amide bonds. The maximum Gasteiger partial charge on any atom is 0.224 e. The molecule has 0 heterocycles. The summed E-state index contributed by atoms with van der Waals surface area (Å²) in [5, 5.41) is 2.87. The molecular formula is C18H22INO2. The van der Waals surface area contributed by atoms with Crippen LogP contribution in [0, 0.1) is 5.92 Å². The standard InChI is InChI=1S/C18H22INO2/c1-4-8-14(21)20-17-15(16(19)11(3)5-2)12-9-6-7-10-13(12)18(17)22/h6-7,9-11,16H,4-5,8H2,1-3H3,(H,20,21,22). The fourth-order valence-electron chi connectivity index (χ4n) is 2.64. The number of nitrogens with one attached hydrogen (secondary N) is 1. The number of carbonyl (C=O) groups excluding carboxylic acids is 2. The van der Waals surface area contributed by atoms with Gasteiger partial charge in [-0.05, 0) is 17.9 Å². The highest BCUT2D eigenvalue weighted by atomic mass is 127. The number of amides is 1. The molecule has 1 aromatic carbocycles. The second kappa shape index (κ2) is 7.40. The van der Waals surface area contributed by atoms with Crippen molar-refractivity contribution in [2.45, 2.75) is 44.0 Å². The number of carbonyl (C=O) groups is 2. The van der Waals surface area contributed by atoms with E-state index in [1.807, 2.05) is 31.2 Å². The summed E-state index contributed by atoms with van der Waals surface area (Å²) in [7, 11) is 0. The van der Waals surface area contributed by atoms with Crippen LogP contribution in [0.2, 0.25) is 0 Å². The largest absolute Gasteiger partial charge is 0.323 e. The predicted octanol–water partition coefficient (Wildman–Crippen LogP) is 4.36. The van der Waals surface area contributed by atoms with Gasteiger partial charge in [-0.2, -0.15) is 0 Å². The molecule has 2 atom stereocenters. The van der Waals surface area contributed by atoms with Crippen LogP contribution in [-0.4, -0.2) is 15.6 Å². The van der Waals surface area contributed by atoms with Gasteiger partial charge in [0.2, 0.25) is 11.7 Å². The Bertz CT molecular complexity index is 621. The van der Waals surface area contributed by atoms with Crippen molar-refractivity contribution in [1.82, 2.24) is 5.32 Å². The zero-order chi connectivity index (χ0) is 16.3. The van der Waals surface area contributed by atoms with Crippen LogP contribution in [0.15, 0.2) is 30.0 Å². The van der Waals surface area contributed by atoms with Gasteiger partial charge in [0.25, 0.3) is 0 Å². The lowest BCUT2D eigenvalue weighted by atomic mass is 9.94. The number of rotatable bonds is 6. The van der Waals surface area contributed by atoms with Crippen LogP contribution in [-0.2, 0) is 4.79 Å². The lowest BCUT2D eigenvalue weighted by Gasteiger charge is -2.20. The molecule has 4 heteroatoms. The van der Waals surface area contributed by atoms with E-state index in [0.29, 0.717) is 23.6 Å². The Morgan fingerprint density at radius 1 is 1.23 bits per heavy atom. The number of halogens is 1. The third-order valence-electron chi connectivity index (χ3n) is 4.12. The van der Waals surface area contributed by atoms with E-state index in [2.05, 4.69) is 41.8 Å². The fourth-order valence-corrected chi connectivity index (χ4v) is 3.79. The van der Waals surface area contributed by atoms with Crippen LogP contribution in [0.25, 0.3) is 5.57 Å². The lowest BCUT2D eigenvalue weighted by molar-refractivity contribution is -0.120. The molecule has 1 aliphatic rings. The Kier molecular flexibility index (Phi) is 5.78. The predicted molar refractivity (Wildman–Crippen MR) is 98.0 cm³/mol. The molecule has 3 nitrogen and oxygen atoms in total. The number of hydrogen-bond donors (Lipinski definition) is 1. The summed E-state index contributed by atoms with van der Waals surface area (Å²) < 4.78 is 0.201. The normalized spacial score (nSPS) is 16.5. The Balaban J connectivity index is 2.47. The van der Waals surface area contributed by atoms with Crippen molar-refractivity contribution in [3.63, 3.8) is 0 Å². The van der Waals surface area contributed by atoms with Crippen molar-refractivity contribution >= 4 is 39.9 Å². The third-order valence-corrected chi connectivity index (χ3v) is 5.97. The zero-order valence-electron chi connectivity index (χ0n) is 13.3. The van der Waals surface area contributed by atoms with Crippen molar-refractivity contribution in [3.8, 4) is 0 Å². The SMILES string of the molecule is CCCC(=O)NC1=C(C(I)C(C)CC)c2ccccc2C1=O. The summed E-state index contributed by atoms with van der Waals surface area (Å²) in [5.41, 5.74) is 3.15. The number of alkyl halides is 1. The maximum absolute atomic E-state index is 12.7. The quantitative estimate of drug-likeness (QED) is 0.559. The van der Waals surface area contributed by atoms with Gasteiger partial charge in [0.1, 0.15) is 0 Å². The van der Waals surface area contributed by atoms with E-state index < -0.39 is 0 Å². The Morgan fingerprint density at radius 2 is 1.86 bits per heavy atom. The number of ketones is 1. The van der Waals surface area contributed by atoms with Gasteiger partial charge in [-0.25, -0.2) is 0 Å². The second-order valence-corrected chi connectivity index (χ2v) is 7.09. The Hall–Kier alpha value is -1.17. The number of fused-ring (bicyclic) bond motifs is 1. The molecule has 0 bridgehead atoms. The summed E-state index contributed by atoms with van der Waals surface area (Å²) in [6, 6.07) is 7.64.